The molecular weight excluding hydrogens is 527 g/mol. The molecule has 0 aliphatic heterocycles. The molecule has 0 atom stereocenters. The van der Waals surface area contributed by atoms with Crippen LogP contribution in [0.2, 0.25) is 0 Å². The second kappa shape index (κ2) is 16.2. The number of benzene rings is 3. The third-order valence-electron chi connectivity index (χ3n) is 5.73. The molecular formula is C33H31FO7. The largest absolute Gasteiger partial charge is 0.494 e. The minimum atomic E-state index is -0.601. The quantitative estimate of drug-likeness (QED) is 0.0940. The van der Waals surface area contributed by atoms with Gasteiger partial charge < -0.3 is 18.9 Å². The van der Waals surface area contributed by atoms with Crippen LogP contribution in [-0.2, 0) is 30.3 Å². The molecule has 3 aromatic carbocycles. The van der Waals surface area contributed by atoms with Crippen LogP contribution >= 0.6 is 0 Å². The number of carbonyl (C=O) groups excluding carboxylic acids is 3. The van der Waals surface area contributed by atoms with Crippen molar-refractivity contribution in [2.75, 3.05) is 19.8 Å². The second-order valence-electron chi connectivity index (χ2n) is 8.71. The summed E-state index contributed by atoms with van der Waals surface area (Å²) in [4.78, 5) is 34.3. The molecule has 0 unspecified atom stereocenters. The Balaban J connectivity index is 1.46. The molecule has 3 rings (SSSR count). The maximum absolute atomic E-state index is 14.8. The van der Waals surface area contributed by atoms with E-state index in [1.54, 1.807) is 60.7 Å². The number of rotatable bonds is 15. The van der Waals surface area contributed by atoms with E-state index in [-0.39, 0.29) is 6.61 Å². The lowest BCUT2D eigenvalue weighted by Crippen LogP contribution is -2.05. The molecule has 0 aliphatic rings. The average molecular weight is 559 g/mol. The third kappa shape index (κ3) is 10.6. The molecule has 0 N–H and O–H groups in total. The van der Waals surface area contributed by atoms with E-state index in [4.69, 9.17) is 18.9 Å². The van der Waals surface area contributed by atoms with Crippen molar-refractivity contribution >= 4 is 24.0 Å². The molecule has 8 heteroatoms. The normalized spacial score (nSPS) is 10.6. The van der Waals surface area contributed by atoms with Gasteiger partial charge in [0.15, 0.2) is 0 Å². The van der Waals surface area contributed by atoms with Crippen LogP contribution in [0.5, 0.6) is 11.5 Å². The van der Waals surface area contributed by atoms with Gasteiger partial charge in [-0.2, -0.15) is 0 Å². The second-order valence-corrected chi connectivity index (χ2v) is 8.71. The summed E-state index contributed by atoms with van der Waals surface area (Å²) in [6.07, 6.45) is 6.85. The van der Waals surface area contributed by atoms with Crippen molar-refractivity contribution in [3.63, 3.8) is 0 Å². The van der Waals surface area contributed by atoms with Gasteiger partial charge in [-0.3, -0.25) is 0 Å². The van der Waals surface area contributed by atoms with Crippen molar-refractivity contribution in [1.82, 2.24) is 0 Å². The first-order valence-electron chi connectivity index (χ1n) is 13.0. The Morgan fingerprint density at radius 1 is 0.732 bits per heavy atom. The smallest absolute Gasteiger partial charge is 0.336 e. The Bertz CT molecular complexity index is 1380. The summed E-state index contributed by atoms with van der Waals surface area (Å²) in [5.41, 5.74) is 2.52. The molecule has 0 heterocycles. The summed E-state index contributed by atoms with van der Waals surface area (Å²) in [5, 5.41) is 0. The van der Waals surface area contributed by atoms with E-state index in [2.05, 4.69) is 13.2 Å². The summed E-state index contributed by atoms with van der Waals surface area (Å²) in [7, 11) is 0. The Kier molecular flexibility index (Phi) is 12.1. The Labute approximate surface area is 238 Å². The number of hydrogen-bond donors (Lipinski definition) is 0. The number of hydrogen-bond acceptors (Lipinski definition) is 7. The first kappa shape index (κ1) is 30.6. The molecule has 212 valence electrons. The highest BCUT2D eigenvalue weighted by Gasteiger charge is 2.07. The fraction of sp³-hybridized carbons (Fsp3) is 0.182. The summed E-state index contributed by atoms with van der Waals surface area (Å²) >= 11 is 0. The number of carbonyl (C=O) groups is 3. The van der Waals surface area contributed by atoms with Crippen LogP contribution in [0.15, 0.2) is 98.1 Å². The lowest BCUT2D eigenvalue weighted by molar-refractivity contribution is -0.138. The molecule has 0 spiro atoms. The van der Waals surface area contributed by atoms with Gasteiger partial charge in [-0.05, 0) is 65.9 Å². The molecule has 0 saturated heterocycles. The highest BCUT2D eigenvalue weighted by molar-refractivity contribution is 5.88. The molecule has 0 fully saturated rings. The minimum Gasteiger partial charge on any atom is -0.494 e. The number of ether oxygens (including phenoxy) is 4. The molecule has 0 aliphatic carbocycles. The van der Waals surface area contributed by atoms with E-state index in [1.165, 1.54) is 18.2 Å². The van der Waals surface area contributed by atoms with Gasteiger partial charge in [0.25, 0.3) is 0 Å². The predicted molar refractivity (Wildman–Crippen MR) is 154 cm³/mol. The van der Waals surface area contributed by atoms with E-state index in [9.17, 15) is 18.8 Å². The van der Waals surface area contributed by atoms with Crippen molar-refractivity contribution < 1.29 is 37.7 Å². The van der Waals surface area contributed by atoms with Crippen molar-refractivity contribution in [3.05, 3.63) is 115 Å². The van der Waals surface area contributed by atoms with Gasteiger partial charge in [0.05, 0.1) is 19.8 Å². The number of unbranched alkanes of at least 4 members (excludes halogenated alkanes) is 1. The monoisotopic (exact) mass is 558 g/mol. The molecule has 7 nitrogen and oxygen atoms in total. The molecule has 0 radical (unpaired) electrons. The van der Waals surface area contributed by atoms with Crippen LogP contribution in [0.4, 0.5) is 4.39 Å². The first-order chi connectivity index (χ1) is 19.9. The maximum Gasteiger partial charge on any atom is 0.336 e. The SMILES string of the molecule is C=CC(=O)OCCCCOc1ccc(-c2ccc(C=CC(=O)Oc3ccc(CCOC(=O)C=C)cc3)cc2F)cc1. The van der Waals surface area contributed by atoms with Crippen LogP contribution in [0, 0.1) is 5.82 Å². The van der Waals surface area contributed by atoms with Crippen LogP contribution < -0.4 is 9.47 Å². The maximum atomic E-state index is 14.8. The lowest BCUT2D eigenvalue weighted by atomic mass is 10.0. The van der Waals surface area contributed by atoms with Gasteiger partial charge >= 0.3 is 17.9 Å². The van der Waals surface area contributed by atoms with Crippen molar-refractivity contribution in [2.24, 2.45) is 0 Å². The van der Waals surface area contributed by atoms with Gasteiger partial charge in [0.2, 0.25) is 0 Å². The first-order valence-corrected chi connectivity index (χ1v) is 13.0. The van der Waals surface area contributed by atoms with E-state index in [0.717, 1.165) is 17.7 Å². The minimum absolute atomic E-state index is 0.223. The van der Waals surface area contributed by atoms with Crippen LogP contribution in [0.1, 0.15) is 24.0 Å². The highest BCUT2D eigenvalue weighted by Crippen LogP contribution is 2.26. The average Bonchev–Trinajstić information content (AvgIpc) is 2.99. The Morgan fingerprint density at radius 2 is 1.37 bits per heavy atom. The Hall–Kier alpha value is -4.98. The summed E-state index contributed by atoms with van der Waals surface area (Å²) in [6.45, 7) is 7.68. The molecule has 41 heavy (non-hydrogen) atoms. The van der Waals surface area contributed by atoms with Crippen molar-refractivity contribution in [3.8, 4) is 22.6 Å². The van der Waals surface area contributed by atoms with Crippen LogP contribution in [0.3, 0.4) is 0 Å². The van der Waals surface area contributed by atoms with Gasteiger partial charge in [-0.15, -0.1) is 0 Å². The molecule has 0 bridgehead atoms. The molecule has 0 amide bonds. The molecule has 3 aromatic rings. The zero-order valence-corrected chi connectivity index (χ0v) is 22.6. The zero-order valence-electron chi connectivity index (χ0n) is 22.6. The summed E-state index contributed by atoms with van der Waals surface area (Å²) in [5.74, 6) is -0.948. The standard InChI is InChI=1S/C33H31FO7/c1-3-31(35)39-21-6-5-20-38-27-15-11-26(12-16-27)29-17-9-25(23-30(29)34)10-18-33(37)41-28-13-7-24(8-14-28)19-22-40-32(36)4-2/h3-4,7-18,23H,1-2,5-6,19-22H2. The highest BCUT2D eigenvalue weighted by atomic mass is 19.1. The zero-order chi connectivity index (χ0) is 29.5. The summed E-state index contributed by atoms with van der Waals surface area (Å²) in [6, 6.07) is 18.6. The fourth-order valence-electron chi connectivity index (χ4n) is 3.59. The van der Waals surface area contributed by atoms with Crippen LogP contribution in [-0.4, -0.2) is 37.7 Å². The van der Waals surface area contributed by atoms with Crippen LogP contribution in [0.25, 0.3) is 17.2 Å². The predicted octanol–water partition coefficient (Wildman–Crippen LogP) is 6.27. The van der Waals surface area contributed by atoms with Gasteiger partial charge in [0, 0.05) is 30.2 Å². The van der Waals surface area contributed by atoms with Crippen molar-refractivity contribution in [1.29, 1.82) is 0 Å². The van der Waals surface area contributed by atoms with Gasteiger partial charge in [0.1, 0.15) is 17.3 Å². The fourth-order valence-corrected chi connectivity index (χ4v) is 3.59. The van der Waals surface area contributed by atoms with E-state index < -0.39 is 23.7 Å². The molecule has 0 saturated carbocycles. The number of halogens is 1. The van der Waals surface area contributed by atoms with Gasteiger partial charge in [-0.25, -0.2) is 18.8 Å². The van der Waals surface area contributed by atoms with Gasteiger partial charge in [-0.1, -0.05) is 49.6 Å². The number of esters is 3. The van der Waals surface area contributed by atoms with E-state index >= 15 is 0 Å². The topological polar surface area (TPSA) is 88.1 Å². The van der Waals surface area contributed by atoms with E-state index in [0.29, 0.717) is 60.7 Å². The third-order valence-corrected chi connectivity index (χ3v) is 5.73. The lowest BCUT2D eigenvalue weighted by Gasteiger charge is -2.09. The van der Waals surface area contributed by atoms with E-state index in [1.807, 2.05) is 0 Å². The Morgan fingerprint density at radius 3 is 2.02 bits per heavy atom. The molecule has 0 aromatic heterocycles. The summed E-state index contributed by atoms with van der Waals surface area (Å²) < 4.78 is 35.7. The van der Waals surface area contributed by atoms with Crippen molar-refractivity contribution in [2.45, 2.75) is 19.3 Å².